The summed E-state index contributed by atoms with van der Waals surface area (Å²) < 4.78 is 5.76. The molecule has 0 aromatic heterocycles. The molecule has 2 aromatic rings. The van der Waals surface area contributed by atoms with Gasteiger partial charge in [0.1, 0.15) is 12.2 Å². The third kappa shape index (κ3) is 2.51. The zero-order valence-electron chi connectivity index (χ0n) is 10.8. The van der Waals surface area contributed by atoms with E-state index in [9.17, 15) is 0 Å². The molecule has 3 rings (SSSR count). The van der Waals surface area contributed by atoms with Crippen molar-refractivity contribution in [1.29, 1.82) is 0 Å². The van der Waals surface area contributed by atoms with E-state index in [1.54, 1.807) is 0 Å². The Morgan fingerprint density at radius 3 is 1.58 bits per heavy atom. The smallest absolute Gasteiger partial charge is 0.115 e. The summed E-state index contributed by atoms with van der Waals surface area (Å²) in [5.74, 6) is 0. The van der Waals surface area contributed by atoms with Crippen LogP contribution in [0, 0.1) is 13.8 Å². The molecular formula is C16H14Cl2O. The van der Waals surface area contributed by atoms with Crippen molar-refractivity contribution in [2.45, 2.75) is 26.1 Å². The van der Waals surface area contributed by atoms with Crippen LogP contribution in [0.4, 0.5) is 0 Å². The van der Waals surface area contributed by atoms with Crippen LogP contribution >= 0.6 is 23.2 Å². The predicted octanol–water partition coefficient (Wildman–Crippen LogP) is 5.42. The van der Waals surface area contributed by atoms with Gasteiger partial charge in [-0.3, -0.25) is 0 Å². The van der Waals surface area contributed by atoms with Crippen LogP contribution in [-0.4, -0.2) is 0 Å². The van der Waals surface area contributed by atoms with E-state index in [4.69, 9.17) is 27.9 Å². The summed E-state index contributed by atoms with van der Waals surface area (Å²) >= 11 is 12.5. The molecule has 98 valence electrons. The van der Waals surface area contributed by atoms with Gasteiger partial charge in [-0.25, -0.2) is 0 Å². The molecule has 0 saturated carbocycles. The second-order valence-corrected chi connectivity index (χ2v) is 5.84. The van der Waals surface area contributed by atoms with E-state index < -0.39 is 0 Å². The first-order valence-electron chi connectivity index (χ1n) is 6.24. The fraction of sp³-hybridized carbons (Fsp3) is 0.250. The summed E-state index contributed by atoms with van der Waals surface area (Å²) in [5, 5.41) is 1.52. The van der Waals surface area contributed by atoms with Crippen molar-refractivity contribution in [2.75, 3.05) is 0 Å². The Kier molecular flexibility index (Phi) is 3.30. The maximum atomic E-state index is 6.27. The molecule has 0 unspecified atom stereocenters. The predicted molar refractivity (Wildman–Crippen MR) is 78.9 cm³/mol. The van der Waals surface area contributed by atoms with E-state index in [1.807, 2.05) is 38.1 Å². The van der Waals surface area contributed by atoms with Crippen LogP contribution in [0.25, 0.3) is 0 Å². The Morgan fingerprint density at radius 2 is 1.21 bits per heavy atom. The second kappa shape index (κ2) is 4.82. The molecule has 1 nitrogen and oxygen atoms in total. The molecule has 0 amide bonds. The van der Waals surface area contributed by atoms with Crippen molar-refractivity contribution in [3.8, 4) is 0 Å². The van der Waals surface area contributed by atoms with Crippen molar-refractivity contribution < 1.29 is 4.74 Å². The summed E-state index contributed by atoms with van der Waals surface area (Å²) in [7, 11) is 0. The number of halogens is 2. The lowest BCUT2D eigenvalue weighted by Crippen LogP contribution is -1.88. The minimum atomic E-state index is 0.0216. The van der Waals surface area contributed by atoms with Crippen molar-refractivity contribution in [2.24, 2.45) is 0 Å². The van der Waals surface area contributed by atoms with Gasteiger partial charge in [0.15, 0.2) is 0 Å². The monoisotopic (exact) mass is 292 g/mol. The number of aryl methyl sites for hydroxylation is 2. The molecule has 0 radical (unpaired) electrons. The van der Waals surface area contributed by atoms with Crippen LogP contribution in [0.1, 0.15) is 34.5 Å². The third-order valence-electron chi connectivity index (χ3n) is 3.42. The zero-order valence-corrected chi connectivity index (χ0v) is 12.3. The molecule has 1 fully saturated rings. The van der Waals surface area contributed by atoms with Crippen LogP contribution in [-0.2, 0) is 4.74 Å². The quantitative estimate of drug-likeness (QED) is 0.673. The molecule has 2 atom stereocenters. The van der Waals surface area contributed by atoms with Gasteiger partial charge in [-0.05, 0) is 37.1 Å². The highest BCUT2D eigenvalue weighted by molar-refractivity contribution is 6.32. The molecule has 1 aliphatic rings. The van der Waals surface area contributed by atoms with Gasteiger partial charge in [0.05, 0.1) is 0 Å². The lowest BCUT2D eigenvalue weighted by atomic mass is 10.0. The topological polar surface area (TPSA) is 12.5 Å². The van der Waals surface area contributed by atoms with Gasteiger partial charge in [0.25, 0.3) is 0 Å². The molecular weight excluding hydrogens is 279 g/mol. The zero-order chi connectivity index (χ0) is 13.6. The van der Waals surface area contributed by atoms with Gasteiger partial charge < -0.3 is 4.74 Å². The number of hydrogen-bond acceptors (Lipinski definition) is 1. The maximum Gasteiger partial charge on any atom is 0.115 e. The first kappa shape index (κ1) is 13.0. The molecule has 0 N–H and O–H groups in total. The Bertz CT molecular complexity index is 581. The Labute approximate surface area is 123 Å². The van der Waals surface area contributed by atoms with Crippen LogP contribution in [0.2, 0.25) is 10.0 Å². The number of benzene rings is 2. The highest BCUT2D eigenvalue weighted by atomic mass is 35.5. The molecule has 0 bridgehead atoms. The molecule has 1 heterocycles. The molecule has 1 aliphatic heterocycles. The van der Waals surface area contributed by atoms with Crippen molar-refractivity contribution >= 4 is 23.2 Å². The van der Waals surface area contributed by atoms with E-state index in [0.29, 0.717) is 0 Å². The third-order valence-corrected chi connectivity index (χ3v) is 4.07. The fourth-order valence-electron chi connectivity index (χ4n) is 2.31. The summed E-state index contributed by atoms with van der Waals surface area (Å²) in [6.45, 7) is 4.05. The second-order valence-electron chi connectivity index (χ2n) is 5.03. The number of hydrogen-bond donors (Lipinski definition) is 0. The van der Waals surface area contributed by atoms with Gasteiger partial charge in [-0.1, -0.05) is 47.5 Å². The van der Waals surface area contributed by atoms with Gasteiger partial charge in [0.2, 0.25) is 0 Å². The van der Waals surface area contributed by atoms with Crippen LogP contribution in [0.3, 0.4) is 0 Å². The molecule has 0 spiro atoms. The van der Waals surface area contributed by atoms with E-state index in [2.05, 4.69) is 12.1 Å². The fourth-order valence-corrected chi connectivity index (χ4v) is 3.00. The SMILES string of the molecule is Cc1ccc([C@H]2O[C@H]2c2ccc(C)cc2Cl)c(Cl)c1. The first-order chi connectivity index (χ1) is 9.06. The average Bonchev–Trinajstić information content (AvgIpc) is 3.08. The van der Waals surface area contributed by atoms with Gasteiger partial charge in [0, 0.05) is 21.2 Å². The molecule has 2 aromatic carbocycles. The van der Waals surface area contributed by atoms with E-state index in [1.165, 1.54) is 0 Å². The average molecular weight is 293 g/mol. The summed E-state index contributed by atoms with van der Waals surface area (Å²) in [5.41, 5.74) is 4.38. The lowest BCUT2D eigenvalue weighted by Gasteiger charge is -2.04. The number of ether oxygens (including phenoxy) is 1. The Hall–Kier alpha value is -1.02. The highest BCUT2D eigenvalue weighted by Gasteiger charge is 2.43. The van der Waals surface area contributed by atoms with Crippen molar-refractivity contribution in [1.82, 2.24) is 0 Å². The molecule has 19 heavy (non-hydrogen) atoms. The minimum Gasteiger partial charge on any atom is -0.359 e. The van der Waals surface area contributed by atoms with Crippen molar-refractivity contribution in [3.05, 3.63) is 68.7 Å². The number of rotatable bonds is 2. The largest absolute Gasteiger partial charge is 0.359 e. The molecule has 3 heteroatoms. The standard InChI is InChI=1S/C16H14Cl2O/c1-9-3-5-11(13(17)7-9)15-16(19-15)12-6-4-10(2)8-14(12)18/h3-8,15-16H,1-2H3/t15-,16+. The Balaban J connectivity index is 1.88. The molecule has 0 aliphatic carbocycles. The Morgan fingerprint density at radius 1 is 0.789 bits per heavy atom. The lowest BCUT2D eigenvalue weighted by molar-refractivity contribution is 0.378. The summed E-state index contributed by atoms with van der Waals surface area (Å²) in [6.07, 6.45) is 0.0432. The summed E-state index contributed by atoms with van der Waals surface area (Å²) in [6, 6.07) is 12.1. The van der Waals surface area contributed by atoms with Crippen LogP contribution in [0.5, 0.6) is 0 Å². The molecule has 1 saturated heterocycles. The normalized spacial score (nSPS) is 21.5. The van der Waals surface area contributed by atoms with Gasteiger partial charge in [-0.15, -0.1) is 0 Å². The summed E-state index contributed by atoms with van der Waals surface area (Å²) in [4.78, 5) is 0. The highest BCUT2D eigenvalue weighted by Crippen LogP contribution is 2.54. The van der Waals surface area contributed by atoms with Crippen LogP contribution in [0.15, 0.2) is 36.4 Å². The van der Waals surface area contributed by atoms with Crippen molar-refractivity contribution in [3.63, 3.8) is 0 Å². The van der Waals surface area contributed by atoms with E-state index in [0.717, 1.165) is 32.3 Å². The first-order valence-corrected chi connectivity index (χ1v) is 6.99. The van der Waals surface area contributed by atoms with Gasteiger partial charge >= 0.3 is 0 Å². The van der Waals surface area contributed by atoms with Crippen LogP contribution < -0.4 is 0 Å². The van der Waals surface area contributed by atoms with Gasteiger partial charge in [-0.2, -0.15) is 0 Å². The number of epoxide rings is 1. The minimum absolute atomic E-state index is 0.0216. The van der Waals surface area contributed by atoms with E-state index in [-0.39, 0.29) is 12.2 Å². The maximum absolute atomic E-state index is 6.27. The van der Waals surface area contributed by atoms with E-state index >= 15 is 0 Å².